The van der Waals surface area contributed by atoms with E-state index < -0.39 is 12.0 Å². The molecule has 5 N–H and O–H groups in total. The Bertz CT molecular complexity index is 493. The highest BCUT2D eigenvalue weighted by Crippen LogP contribution is 2.16. The molecule has 0 heterocycles. The molecular formula is C15H23N3O4. The summed E-state index contributed by atoms with van der Waals surface area (Å²) in [5.41, 5.74) is 6.10. The molecule has 1 aromatic rings. The van der Waals surface area contributed by atoms with E-state index in [1.165, 1.54) is 0 Å². The second kappa shape index (κ2) is 9.62. The number of carbonyl (C=O) groups is 2. The first-order valence-electron chi connectivity index (χ1n) is 7.17. The number of aliphatic carboxylic acids is 1. The van der Waals surface area contributed by atoms with Gasteiger partial charge in [-0.2, -0.15) is 0 Å². The van der Waals surface area contributed by atoms with Crippen molar-refractivity contribution in [2.45, 2.75) is 25.3 Å². The Morgan fingerprint density at radius 2 is 2.14 bits per heavy atom. The highest BCUT2D eigenvalue weighted by Gasteiger charge is 2.18. The average Bonchev–Trinajstić information content (AvgIpc) is 2.52. The molecule has 0 aromatic heterocycles. The fourth-order valence-corrected chi connectivity index (χ4v) is 1.91. The van der Waals surface area contributed by atoms with Crippen molar-refractivity contribution in [2.24, 2.45) is 5.73 Å². The molecule has 0 spiro atoms. The van der Waals surface area contributed by atoms with Crippen LogP contribution >= 0.6 is 0 Å². The minimum atomic E-state index is -1.04. The Labute approximate surface area is 129 Å². The van der Waals surface area contributed by atoms with Crippen LogP contribution in [0, 0.1) is 0 Å². The lowest BCUT2D eigenvalue weighted by Gasteiger charge is -2.15. The number of hydrogen-bond donors (Lipinski definition) is 4. The van der Waals surface area contributed by atoms with Gasteiger partial charge >= 0.3 is 5.97 Å². The number of nitrogens with two attached hydrogens (primary N) is 1. The standard InChI is InChI=1S/C15H23N3O4/c1-22-12-6-4-5-11(9-12)17-10-14(19)18-13(15(20)21)7-2-3-8-16/h4-6,9,13,17H,2-3,7-8,10,16H2,1H3,(H,18,19)(H,20,21)/t13-/m0/s1. The molecule has 0 fully saturated rings. The van der Waals surface area contributed by atoms with Crippen LogP contribution in [0.15, 0.2) is 24.3 Å². The molecule has 0 aliphatic rings. The highest BCUT2D eigenvalue weighted by atomic mass is 16.5. The fourth-order valence-electron chi connectivity index (χ4n) is 1.91. The number of unbranched alkanes of at least 4 members (excludes halogenated alkanes) is 1. The zero-order chi connectivity index (χ0) is 16.4. The Hall–Kier alpha value is -2.28. The van der Waals surface area contributed by atoms with Crippen molar-refractivity contribution in [3.05, 3.63) is 24.3 Å². The third-order valence-corrected chi connectivity index (χ3v) is 3.10. The van der Waals surface area contributed by atoms with E-state index in [1.807, 2.05) is 0 Å². The number of ether oxygens (including phenoxy) is 1. The number of carbonyl (C=O) groups excluding carboxylic acids is 1. The van der Waals surface area contributed by atoms with E-state index in [4.69, 9.17) is 15.6 Å². The van der Waals surface area contributed by atoms with E-state index in [0.717, 1.165) is 12.1 Å². The van der Waals surface area contributed by atoms with Crippen LogP contribution in [0.4, 0.5) is 5.69 Å². The van der Waals surface area contributed by atoms with Gasteiger partial charge in [-0.3, -0.25) is 4.79 Å². The van der Waals surface area contributed by atoms with Crippen molar-refractivity contribution in [1.82, 2.24) is 5.32 Å². The van der Waals surface area contributed by atoms with Gasteiger partial charge < -0.3 is 26.2 Å². The highest BCUT2D eigenvalue weighted by molar-refractivity contribution is 5.86. The molecule has 0 unspecified atom stereocenters. The zero-order valence-corrected chi connectivity index (χ0v) is 12.7. The van der Waals surface area contributed by atoms with Gasteiger partial charge in [-0.15, -0.1) is 0 Å². The summed E-state index contributed by atoms with van der Waals surface area (Å²) in [4.78, 5) is 22.9. The summed E-state index contributed by atoms with van der Waals surface area (Å²) in [6, 6.07) is 6.26. The van der Waals surface area contributed by atoms with Gasteiger partial charge in [0.1, 0.15) is 11.8 Å². The average molecular weight is 309 g/mol. The molecule has 1 atom stereocenters. The molecule has 0 aliphatic heterocycles. The lowest BCUT2D eigenvalue weighted by Crippen LogP contribution is -2.43. The van der Waals surface area contributed by atoms with Gasteiger partial charge in [0.2, 0.25) is 5.91 Å². The molecule has 0 bridgehead atoms. The van der Waals surface area contributed by atoms with E-state index in [0.29, 0.717) is 25.1 Å². The monoisotopic (exact) mass is 309 g/mol. The van der Waals surface area contributed by atoms with Crippen LogP contribution in [0.1, 0.15) is 19.3 Å². The van der Waals surface area contributed by atoms with Crippen molar-refractivity contribution in [3.63, 3.8) is 0 Å². The van der Waals surface area contributed by atoms with Crippen LogP contribution in [-0.2, 0) is 9.59 Å². The molecule has 22 heavy (non-hydrogen) atoms. The lowest BCUT2D eigenvalue weighted by atomic mass is 10.1. The molecule has 7 nitrogen and oxygen atoms in total. The Morgan fingerprint density at radius 3 is 2.77 bits per heavy atom. The number of methoxy groups -OCH3 is 1. The quantitative estimate of drug-likeness (QED) is 0.476. The van der Waals surface area contributed by atoms with Crippen molar-refractivity contribution in [1.29, 1.82) is 0 Å². The first-order valence-corrected chi connectivity index (χ1v) is 7.17. The lowest BCUT2D eigenvalue weighted by molar-refractivity contribution is -0.141. The summed E-state index contributed by atoms with van der Waals surface area (Å²) in [6.45, 7) is 0.505. The van der Waals surface area contributed by atoms with Crippen molar-refractivity contribution >= 4 is 17.6 Å². The number of anilines is 1. The van der Waals surface area contributed by atoms with Crippen LogP contribution < -0.4 is 21.1 Å². The minimum absolute atomic E-state index is 0.00611. The Kier molecular flexibility index (Phi) is 7.77. The summed E-state index contributed by atoms with van der Waals surface area (Å²) in [7, 11) is 1.56. The third-order valence-electron chi connectivity index (χ3n) is 3.10. The van der Waals surface area contributed by atoms with E-state index in [9.17, 15) is 9.59 Å². The number of carboxylic acids is 1. The van der Waals surface area contributed by atoms with Crippen LogP contribution in [0.3, 0.4) is 0 Å². The van der Waals surface area contributed by atoms with Gasteiger partial charge in [-0.05, 0) is 37.9 Å². The van der Waals surface area contributed by atoms with Gasteiger partial charge in [0.15, 0.2) is 0 Å². The number of nitrogens with one attached hydrogen (secondary N) is 2. The number of benzene rings is 1. The van der Waals surface area contributed by atoms with Gasteiger partial charge in [-0.25, -0.2) is 4.79 Å². The number of carboxylic acid groups (broad SMARTS) is 1. The molecule has 0 saturated carbocycles. The largest absolute Gasteiger partial charge is 0.497 e. The number of rotatable bonds is 10. The third kappa shape index (κ3) is 6.45. The molecule has 7 heteroatoms. The second-order valence-corrected chi connectivity index (χ2v) is 4.83. The van der Waals surface area contributed by atoms with Gasteiger partial charge in [0, 0.05) is 11.8 Å². The maximum Gasteiger partial charge on any atom is 0.326 e. The summed E-state index contributed by atoms with van der Waals surface area (Å²) in [5, 5.41) is 14.5. The van der Waals surface area contributed by atoms with E-state index in [2.05, 4.69) is 10.6 Å². The van der Waals surface area contributed by atoms with Gasteiger partial charge in [-0.1, -0.05) is 6.07 Å². The topological polar surface area (TPSA) is 114 Å². The molecule has 0 aliphatic carbocycles. The normalized spacial score (nSPS) is 11.5. The van der Waals surface area contributed by atoms with Crippen molar-refractivity contribution in [2.75, 3.05) is 25.5 Å². The second-order valence-electron chi connectivity index (χ2n) is 4.83. The predicted octanol–water partition coefficient (Wildman–Crippen LogP) is 0.806. The minimum Gasteiger partial charge on any atom is -0.497 e. The Morgan fingerprint density at radius 1 is 1.36 bits per heavy atom. The predicted molar refractivity (Wildman–Crippen MR) is 84.0 cm³/mol. The first-order chi connectivity index (χ1) is 10.6. The van der Waals surface area contributed by atoms with E-state index >= 15 is 0 Å². The number of amides is 1. The summed E-state index contributed by atoms with van der Waals surface area (Å²) in [5.74, 6) is -0.731. The summed E-state index contributed by atoms with van der Waals surface area (Å²) in [6.07, 6.45) is 1.77. The maximum atomic E-state index is 11.8. The van der Waals surface area contributed by atoms with Crippen molar-refractivity contribution in [3.8, 4) is 5.75 Å². The van der Waals surface area contributed by atoms with Gasteiger partial charge in [0.25, 0.3) is 0 Å². The molecule has 0 radical (unpaired) electrons. The molecule has 1 amide bonds. The van der Waals surface area contributed by atoms with Gasteiger partial charge in [0.05, 0.1) is 13.7 Å². The van der Waals surface area contributed by atoms with E-state index in [1.54, 1.807) is 31.4 Å². The molecule has 0 saturated heterocycles. The molecule has 1 rings (SSSR count). The smallest absolute Gasteiger partial charge is 0.326 e. The summed E-state index contributed by atoms with van der Waals surface area (Å²) >= 11 is 0. The SMILES string of the molecule is COc1cccc(NCC(=O)N[C@@H](CCCCN)C(=O)O)c1. The number of hydrogen-bond acceptors (Lipinski definition) is 5. The van der Waals surface area contributed by atoms with Crippen LogP contribution in [0.25, 0.3) is 0 Å². The van der Waals surface area contributed by atoms with Crippen LogP contribution in [0.5, 0.6) is 5.75 Å². The fraction of sp³-hybridized carbons (Fsp3) is 0.467. The van der Waals surface area contributed by atoms with Crippen molar-refractivity contribution < 1.29 is 19.4 Å². The molecular weight excluding hydrogens is 286 g/mol. The molecule has 122 valence electrons. The molecule has 1 aromatic carbocycles. The summed E-state index contributed by atoms with van der Waals surface area (Å²) < 4.78 is 5.08. The van der Waals surface area contributed by atoms with Crippen LogP contribution in [-0.4, -0.2) is 43.2 Å². The van der Waals surface area contributed by atoms with E-state index in [-0.39, 0.29) is 12.5 Å². The van der Waals surface area contributed by atoms with Crippen LogP contribution in [0.2, 0.25) is 0 Å². The Balaban J connectivity index is 2.44. The maximum absolute atomic E-state index is 11.8. The zero-order valence-electron chi connectivity index (χ0n) is 12.7. The first kappa shape index (κ1) is 17.8.